The Morgan fingerprint density at radius 3 is 2.47 bits per heavy atom. The van der Waals surface area contributed by atoms with E-state index in [0.717, 1.165) is 0 Å². The van der Waals surface area contributed by atoms with Crippen molar-refractivity contribution in [2.24, 2.45) is 5.73 Å². The molecule has 2 heterocycles. The molecule has 2 aliphatic heterocycles. The third-order valence-electron chi connectivity index (χ3n) is 2.79. The summed E-state index contributed by atoms with van der Waals surface area (Å²) in [5, 5.41) is 0. The molecule has 2 rings (SSSR count). The van der Waals surface area contributed by atoms with E-state index in [9.17, 15) is 4.79 Å². The van der Waals surface area contributed by atoms with E-state index in [2.05, 4.69) is 0 Å². The maximum atomic E-state index is 11.6. The fourth-order valence-corrected chi connectivity index (χ4v) is 1.80. The van der Waals surface area contributed by atoms with Gasteiger partial charge in [-0.1, -0.05) is 0 Å². The molecule has 1 amide bonds. The van der Waals surface area contributed by atoms with Gasteiger partial charge in [-0.15, -0.1) is 0 Å². The molecule has 0 aromatic carbocycles. The zero-order valence-corrected chi connectivity index (χ0v) is 9.45. The first-order chi connectivity index (χ1) is 6.82. The molecule has 0 saturated carbocycles. The van der Waals surface area contributed by atoms with Gasteiger partial charge in [0.15, 0.2) is 0 Å². The highest BCUT2D eigenvalue weighted by molar-refractivity contribution is 5.70. The van der Waals surface area contributed by atoms with E-state index in [-0.39, 0.29) is 17.7 Å². The second-order valence-corrected chi connectivity index (χ2v) is 5.32. The van der Waals surface area contributed by atoms with E-state index in [1.54, 1.807) is 4.90 Å². The average molecular weight is 214 g/mol. The van der Waals surface area contributed by atoms with Crippen molar-refractivity contribution in [1.29, 1.82) is 0 Å². The van der Waals surface area contributed by atoms with E-state index in [4.69, 9.17) is 15.2 Å². The van der Waals surface area contributed by atoms with Crippen molar-refractivity contribution in [3.63, 3.8) is 0 Å². The van der Waals surface area contributed by atoms with E-state index in [1.165, 1.54) is 0 Å². The van der Waals surface area contributed by atoms with Gasteiger partial charge >= 0.3 is 6.09 Å². The summed E-state index contributed by atoms with van der Waals surface area (Å²) in [7, 11) is 0. The van der Waals surface area contributed by atoms with E-state index in [0.29, 0.717) is 19.7 Å². The zero-order chi connectivity index (χ0) is 11.3. The SMILES string of the molecule is CC(C)(C)OC(=O)N1CC2(C1)OC[C@@H]2N. The smallest absolute Gasteiger partial charge is 0.410 e. The molecule has 0 bridgehead atoms. The Bertz CT molecular complexity index is 279. The molecule has 15 heavy (non-hydrogen) atoms. The van der Waals surface area contributed by atoms with Gasteiger partial charge in [0.2, 0.25) is 0 Å². The number of ether oxygens (including phenoxy) is 2. The molecule has 2 saturated heterocycles. The lowest BCUT2D eigenvalue weighted by Crippen LogP contribution is -2.79. The molecule has 1 spiro atoms. The Morgan fingerprint density at radius 2 is 2.13 bits per heavy atom. The van der Waals surface area contributed by atoms with Crippen LogP contribution in [0.5, 0.6) is 0 Å². The van der Waals surface area contributed by atoms with Crippen LogP contribution in [-0.4, -0.2) is 47.9 Å². The number of carbonyl (C=O) groups is 1. The topological polar surface area (TPSA) is 64.8 Å². The molecule has 2 N–H and O–H groups in total. The summed E-state index contributed by atoms with van der Waals surface area (Å²) in [5.74, 6) is 0. The Morgan fingerprint density at radius 1 is 1.53 bits per heavy atom. The van der Waals surface area contributed by atoms with Crippen LogP contribution in [0.1, 0.15) is 20.8 Å². The molecule has 86 valence electrons. The molecular formula is C10H18N2O3. The molecule has 0 aromatic heterocycles. The number of hydrogen-bond donors (Lipinski definition) is 1. The average Bonchev–Trinajstić information content (AvgIpc) is 1.95. The lowest BCUT2D eigenvalue weighted by molar-refractivity contribution is -0.229. The maximum Gasteiger partial charge on any atom is 0.410 e. The van der Waals surface area contributed by atoms with Crippen LogP contribution in [-0.2, 0) is 9.47 Å². The minimum absolute atomic E-state index is 0.0659. The van der Waals surface area contributed by atoms with E-state index < -0.39 is 5.60 Å². The molecule has 5 nitrogen and oxygen atoms in total. The third kappa shape index (κ3) is 1.81. The molecule has 0 unspecified atom stereocenters. The molecular weight excluding hydrogens is 196 g/mol. The lowest BCUT2D eigenvalue weighted by Gasteiger charge is -2.58. The summed E-state index contributed by atoms with van der Waals surface area (Å²) in [6, 6.07) is 0.0659. The number of nitrogens with zero attached hydrogens (tertiary/aromatic N) is 1. The van der Waals surface area contributed by atoms with Crippen LogP contribution in [0.3, 0.4) is 0 Å². The number of amides is 1. The highest BCUT2D eigenvalue weighted by atomic mass is 16.6. The first kappa shape index (κ1) is 10.7. The summed E-state index contributed by atoms with van der Waals surface area (Å²) in [6.45, 7) is 7.28. The summed E-state index contributed by atoms with van der Waals surface area (Å²) in [5.41, 5.74) is 5.10. The van der Waals surface area contributed by atoms with Gasteiger partial charge in [0, 0.05) is 0 Å². The second kappa shape index (κ2) is 3.09. The van der Waals surface area contributed by atoms with Gasteiger partial charge in [-0.05, 0) is 20.8 Å². The highest BCUT2D eigenvalue weighted by Crippen LogP contribution is 2.35. The van der Waals surface area contributed by atoms with Crippen molar-refractivity contribution < 1.29 is 14.3 Å². The van der Waals surface area contributed by atoms with Crippen LogP contribution in [0, 0.1) is 0 Å². The molecule has 5 heteroatoms. The first-order valence-electron chi connectivity index (χ1n) is 5.20. The van der Waals surface area contributed by atoms with Gasteiger partial charge < -0.3 is 20.1 Å². The highest BCUT2D eigenvalue weighted by Gasteiger charge is 2.57. The van der Waals surface area contributed by atoms with Gasteiger partial charge in [0.1, 0.15) is 11.2 Å². The van der Waals surface area contributed by atoms with Crippen molar-refractivity contribution in [3.05, 3.63) is 0 Å². The van der Waals surface area contributed by atoms with Crippen LogP contribution >= 0.6 is 0 Å². The second-order valence-electron chi connectivity index (χ2n) is 5.32. The predicted molar refractivity (Wildman–Crippen MR) is 54.5 cm³/mol. The van der Waals surface area contributed by atoms with Crippen molar-refractivity contribution in [3.8, 4) is 0 Å². The van der Waals surface area contributed by atoms with Gasteiger partial charge in [-0.2, -0.15) is 0 Å². The number of nitrogens with two attached hydrogens (primary N) is 1. The van der Waals surface area contributed by atoms with Crippen molar-refractivity contribution in [2.75, 3.05) is 19.7 Å². The minimum Gasteiger partial charge on any atom is -0.444 e. The van der Waals surface area contributed by atoms with Gasteiger partial charge in [0.25, 0.3) is 0 Å². The van der Waals surface area contributed by atoms with E-state index in [1.807, 2.05) is 20.8 Å². The van der Waals surface area contributed by atoms with Gasteiger partial charge in [-0.3, -0.25) is 0 Å². The summed E-state index contributed by atoms with van der Waals surface area (Å²) in [4.78, 5) is 13.2. The molecule has 2 aliphatic rings. The summed E-state index contributed by atoms with van der Waals surface area (Å²) < 4.78 is 10.6. The fourth-order valence-electron chi connectivity index (χ4n) is 1.80. The van der Waals surface area contributed by atoms with Crippen molar-refractivity contribution in [2.45, 2.75) is 38.0 Å². The molecule has 0 aromatic rings. The zero-order valence-electron chi connectivity index (χ0n) is 9.45. The van der Waals surface area contributed by atoms with Crippen molar-refractivity contribution in [1.82, 2.24) is 4.90 Å². The fraction of sp³-hybridized carbons (Fsp3) is 0.900. The van der Waals surface area contributed by atoms with Crippen molar-refractivity contribution >= 4 is 6.09 Å². The van der Waals surface area contributed by atoms with Crippen LogP contribution < -0.4 is 5.73 Å². The Hall–Kier alpha value is -0.810. The maximum absolute atomic E-state index is 11.6. The van der Waals surface area contributed by atoms with Gasteiger partial charge in [-0.25, -0.2) is 4.79 Å². The Kier molecular flexibility index (Phi) is 2.20. The Balaban J connectivity index is 1.82. The molecule has 2 fully saturated rings. The van der Waals surface area contributed by atoms with E-state index >= 15 is 0 Å². The third-order valence-corrected chi connectivity index (χ3v) is 2.79. The number of carbonyl (C=O) groups excluding carboxylic acids is 1. The monoisotopic (exact) mass is 214 g/mol. The van der Waals surface area contributed by atoms with Crippen LogP contribution in [0.15, 0.2) is 0 Å². The summed E-state index contributed by atoms with van der Waals surface area (Å²) in [6.07, 6.45) is -0.282. The van der Waals surface area contributed by atoms with Crippen LogP contribution in [0.4, 0.5) is 4.79 Å². The number of likely N-dealkylation sites (tertiary alicyclic amines) is 1. The largest absolute Gasteiger partial charge is 0.444 e. The predicted octanol–water partition coefficient (Wildman–Crippen LogP) is 0.333. The first-order valence-corrected chi connectivity index (χ1v) is 5.20. The minimum atomic E-state index is -0.442. The molecule has 0 aliphatic carbocycles. The quantitative estimate of drug-likeness (QED) is 0.631. The molecule has 0 radical (unpaired) electrons. The van der Waals surface area contributed by atoms with Crippen LogP contribution in [0.25, 0.3) is 0 Å². The number of hydrogen-bond acceptors (Lipinski definition) is 4. The normalized spacial score (nSPS) is 28.3. The standard InChI is InChI=1S/C10H18N2O3/c1-9(2,3)15-8(13)12-5-10(6-12)7(11)4-14-10/h7H,4-6,11H2,1-3H3/t7-/m0/s1. The van der Waals surface area contributed by atoms with Gasteiger partial charge in [0.05, 0.1) is 25.7 Å². The molecule has 1 atom stereocenters. The lowest BCUT2D eigenvalue weighted by atomic mass is 9.82. The Labute approximate surface area is 89.5 Å². The summed E-state index contributed by atoms with van der Waals surface area (Å²) >= 11 is 0. The van der Waals surface area contributed by atoms with Crippen LogP contribution in [0.2, 0.25) is 0 Å². The number of rotatable bonds is 0.